The fourth-order valence-corrected chi connectivity index (χ4v) is 1.52. The Balaban J connectivity index is 0.000000441. The van der Waals surface area contributed by atoms with Gasteiger partial charge in [0.2, 0.25) is 0 Å². The predicted octanol–water partition coefficient (Wildman–Crippen LogP) is 6.40. The molecular weight excluding hydrogens is 303 g/mol. The van der Waals surface area contributed by atoms with Crippen molar-refractivity contribution in [3.05, 3.63) is 30.1 Å². The van der Waals surface area contributed by atoms with E-state index in [1.807, 2.05) is 12.4 Å². The second kappa shape index (κ2) is 6.74. The SMILES string of the molecule is CCCCCCCc1cc[nH+]cc1.F[P-](F)(F)(F)(F)F. The van der Waals surface area contributed by atoms with Crippen molar-refractivity contribution in [2.75, 3.05) is 0 Å². The molecule has 1 N–H and O–H groups in total. The molecule has 0 aromatic carbocycles. The quantitative estimate of drug-likeness (QED) is 0.327. The Hall–Kier alpha value is -0.840. The third-order valence-corrected chi connectivity index (χ3v) is 2.36. The maximum atomic E-state index is 9.87. The van der Waals surface area contributed by atoms with E-state index in [-0.39, 0.29) is 0 Å². The second-order valence-corrected chi connectivity index (χ2v) is 6.45. The fraction of sp³-hybridized carbons (Fsp3) is 0.583. The Bertz CT molecular complexity index is 363. The number of halogens is 6. The van der Waals surface area contributed by atoms with E-state index in [1.165, 1.54) is 44.1 Å². The molecule has 8 heteroatoms. The number of rotatable bonds is 6. The Morgan fingerprint density at radius 2 is 1.30 bits per heavy atom. The van der Waals surface area contributed by atoms with Gasteiger partial charge in [0.05, 0.1) is 0 Å². The first-order valence-corrected chi connectivity index (χ1v) is 8.42. The summed E-state index contributed by atoms with van der Waals surface area (Å²) in [6, 6.07) is 4.33. The van der Waals surface area contributed by atoms with E-state index < -0.39 is 7.81 Å². The molecule has 0 saturated heterocycles. The number of unbranched alkanes of at least 4 members (excludes halogenated alkanes) is 4. The predicted molar refractivity (Wildman–Crippen MR) is 69.0 cm³/mol. The first-order valence-electron chi connectivity index (χ1n) is 6.40. The van der Waals surface area contributed by atoms with Crippen LogP contribution in [0.2, 0.25) is 0 Å². The summed E-state index contributed by atoms with van der Waals surface area (Å²) in [6.45, 7) is 2.26. The van der Waals surface area contributed by atoms with E-state index in [1.54, 1.807) is 0 Å². The van der Waals surface area contributed by atoms with Gasteiger partial charge in [-0.15, -0.1) is 0 Å². The summed E-state index contributed by atoms with van der Waals surface area (Å²) in [5, 5.41) is 0. The van der Waals surface area contributed by atoms with Gasteiger partial charge in [0.15, 0.2) is 12.4 Å². The number of aryl methyl sites for hydroxylation is 1. The molecule has 1 nitrogen and oxygen atoms in total. The molecule has 0 radical (unpaired) electrons. The van der Waals surface area contributed by atoms with Crippen LogP contribution in [0, 0.1) is 0 Å². The van der Waals surface area contributed by atoms with E-state index in [2.05, 4.69) is 24.0 Å². The molecule has 1 aromatic heterocycles. The Morgan fingerprint density at radius 3 is 1.75 bits per heavy atom. The number of hydrogen-bond acceptors (Lipinski definition) is 0. The van der Waals surface area contributed by atoms with E-state index >= 15 is 0 Å². The van der Waals surface area contributed by atoms with Crippen LogP contribution in [-0.2, 0) is 6.42 Å². The van der Waals surface area contributed by atoms with Crippen molar-refractivity contribution in [2.24, 2.45) is 0 Å². The Morgan fingerprint density at radius 1 is 0.850 bits per heavy atom. The van der Waals surface area contributed by atoms with Gasteiger partial charge in [-0.25, -0.2) is 4.98 Å². The molecule has 20 heavy (non-hydrogen) atoms. The molecule has 0 aliphatic rings. The van der Waals surface area contributed by atoms with Crippen LogP contribution in [0.25, 0.3) is 0 Å². The van der Waals surface area contributed by atoms with Gasteiger partial charge in [0, 0.05) is 12.1 Å². The minimum atomic E-state index is -10.7. The minimum absolute atomic E-state index is 1.23. The molecule has 0 saturated carbocycles. The van der Waals surface area contributed by atoms with Gasteiger partial charge in [-0.1, -0.05) is 32.6 Å². The number of hydrogen-bond donors (Lipinski definition) is 0. The number of aromatic amines is 1. The van der Waals surface area contributed by atoms with Crippen molar-refractivity contribution in [1.29, 1.82) is 0 Å². The molecule has 0 spiro atoms. The third-order valence-electron chi connectivity index (χ3n) is 2.36. The number of H-pyrrole nitrogens is 1. The summed E-state index contributed by atoms with van der Waals surface area (Å²) in [5.74, 6) is 0. The van der Waals surface area contributed by atoms with Crippen LogP contribution in [0.4, 0.5) is 25.2 Å². The normalized spacial score (nSPS) is 14.8. The van der Waals surface area contributed by atoms with Crippen molar-refractivity contribution >= 4 is 7.81 Å². The number of aromatic nitrogens is 1. The molecule has 120 valence electrons. The summed E-state index contributed by atoms with van der Waals surface area (Å²) in [5.41, 5.74) is 1.45. The standard InChI is InChI=1S/C12H19N.F6P/c1-2-3-4-5-6-7-12-8-10-13-11-9-12;1-7(2,3,4,5)6/h8-11H,2-7H2,1H3;/q;-1/p+1. The first kappa shape index (κ1) is 19.2. The van der Waals surface area contributed by atoms with Gasteiger partial charge >= 0.3 is 33.0 Å². The van der Waals surface area contributed by atoms with Crippen LogP contribution in [0.15, 0.2) is 24.5 Å². The van der Waals surface area contributed by atoms with E-state index in [0.29, 0.717) is 0 Å². The molecule has 0 amide bonds. The summed E-state index contributed by atoms with van der Waals surface area (Å²) in [7, 11) is -10.7. The van der Waals surface area contributed by atoms with Crippen molar-refractivity contribution in [3.63, 3.8) is 0 Å². The molecule has 0 fully saturated rings. The molecule has 1 aromatic rings. The summed E-state index contributed by atoms with van der Waals surface area (Å²) in [6.07, 6.45) is 12.1. The molecule has 0 atom stereocenters. The van der Waals surface area contributed by atoms with Gasteiger partial charge in [-0.2, -0.15) is 0 Å². The zero-order valence-corrected chi connectivity index (χ0v) is 12.2. The molecule has 1 heterocycles. The Kier molecular flexibility index (Phi) is 6.46. The van der Waals surface area contributed by atoms with Crippen molar-refractivity contribution < 1.29 is 30.2 Å². The zero-order chi connectivity index (χ0) is 15.8. The van der Waals surface area contributed by atoms with E-state index in [0.717, 1.165) is 0 Å². The molecule has 1 rings (SSSR count). The van der Waals surface area contributed by atoms with Crippen LogP contribution in [-0.4, -0.2) is 0 Å². The molecule has 0 bridgehead atoms. The second-order valence-electron chi connectivity index (χ2n) is 4.53. The molecular formula is C12H20F6NP. The summed E-state index contributed by atoms with van der Waals surface area (Å²) < 4.78 is 59.2. The van der Waals surface area contributed by atoms with E-state index in [9.17, 15) is 25.2 Å². The van der Waals surface area contributed by atoms with Crippen LogP contribution in [0.1, 0.15) is 44.6 Å². The average molecular weight is 323 g/mol. The van der Waals surface area contributed by atoms with Crippen LogP contribution < -0.4 is 4.98 Å². The molecule has 0 unspecified atom stereocenters. The van der Waals surface area contributed by atoms with Crippen LogP contribution >= 0.6 is 7.81 Å². The topological polar surface area (TPSA) is 14.1 Å². The van der Waals surface area contributed by atoms with Crippen LogP contribution in [0.5, 0.6) is 0 Å². The van der Waals surface area contributed by atoms with Gasteiger partial charge < -0.3 is 0 Å². The van der Waals surface area contributed by atoms with Gasteiger partial charge in [0.25, 0.3) is 0 Å². The van der Waals surface area contributed by atoms with E-state index in [4.69, 9.17) is 0 Å². The summed E-state index contributed by atoms with van der Waals surface area (Å²) in [4.78, 5) is 3.04. The average Bonchev–Trinajstić information content (AvgIpc) is 2.26. The van der Waals surface area contributed by atoms with Gasteiger partial charge in [-0.3, -0.25) is 0 Å². The molecule has 0 aliphatic heterocycles. The fourth-order valence-electron chi connectivity index (χ4n) is 1.52. The molecule has 0 aliphatic carbocycles. The third kappa shape index (κ3) is 22.3. The van der Waals surface area contributed by atoms with Crippen LogP contribution in [0.3, 0.4) is 0 Å². The van der Waals surface area contributed by atoms with Crippen molar-refractivity contribution in [2.45, 2.75) is 45.4 Å². The Labute approximate surface area is 114 Å². The van der Waals surface area contributed by atoms with Gasteiger partial charge in [-0.05, 0) is 18.4 Å². The monoisotopic (exact) mass is 323 g/mol. The summed E-state index contributed by atoms with van der Waals surface area (Å²) >= 11 is 0. The zero-order valence-electron chi connectivity index (χ0n) is 11.3. The first-order chi connectivity index (χ1) is 8.88. The number of nitrogens with one attached hydrogen (secondary N) is 1. The van der Waals surface area contributed by atoms with Gasteiger partial charge in [0.1, 0.15) is 0 Å². The van der Waals surface area contributed by atoms with Crippen molar-refractivity contribution in [3.8, 4) is 0 Å². The number of pyridine rings is 1. The van der Waals surface area contributed by atoms with Crippen molar-refractivity contribution in [1.82, 2.24) is 0 Å². The maximum absolute atomic E-state index is 10.7.